The van der Waals surface area contributed by atoms with Crippen molar-refractivity contribution >= 4 is 34.0 Å². The Bertz CT molecular complexity index is 408. The van der Waals surface area contributed by atoms with Crippen LogP contribution in [0.15, 0.2) is 28.7 Å². The summed E-state index contributed by atoms with van der Waals surface area (Å²) in [4.78, 5) is 12.8. The van der Waals surface area contributed by atoms with Crippen molar-refractivity contribution in [1.29, 1.82) is 0 Å². The van der Waals surface area contributed by atoms with Crippen LogP contribution in [-0.4, -0.2) is 19.4 Å². The minimum absolute atomic E-state index is 0.814. The fraction of sp³-hybridized carbons (Fsp3) is 0.308. The second-order valence-electron chi connectivity index (χ2n) is 3.89. The van der Waals surface area contributed by atoms with Crippen molar-refractivity contribution in [2.45, 2.75) is 12.8 Å². The van der Waals surface area contributed by atoms with Crippen LogP contribution in [0.4, 0.5) is 5.69 Å². The molecule has 84 valence electrons. The normalized spacial score (nSPS) is 15.9. The molecule has 0 saturated carbocycles. The minimum atomic E-state index is 0.814. The summed E-state index contributed by atoms with van der Waals surface area (Å²) in [5, 5.41) is 0. The zero-order valence-electron chi connectivity index (χ0n) is 9.03. The highest BCUT2D eigenvalue weighted by Gasteiger charge is 2.14. The van der Waals surface area contributed by atoms with Gasteiger partial charge in [-0.1, -0.05) is 15.9 Å². The van der Waals surface area contributed by atoms with Gasteiger partial charge < -0.3 is 4.90 Å². The van der Waals surface area contributed by atoms with E-state index in [1.165, 1.54) is 18.5 Å². The summed E-state index contributed by atoms with van der Waals surface area (Å²) < 4.78 is 1.04. The number of aldehydes is 1. The fourth-order valence-electron chi connectivity index (χ4n) is 2.05. The summed E-state index contributed by atoms with van der Waals surface area (Å²) in [6.45, 7) is 2.23. The predicted octanol–water partition coefficient (Wildman–Crippen LogP) is 3.26. The summed E-state index contributed by atoms with van der Waals surface area (Å²) >= 11 is 3.46. The monoisotopic (exact) mass is 279 g/mol. The highest BCUT2D eigenvalue weighted by atomic mass is 79.9. The molecule has 0 spiro atoms. The lowest BCUT2D eigenvalue weighted by Crippen LogP contribution is -2.18. The lowest BCUT2D eigenvalue weighted by Gasteiger charge is -2.20. The van der Waals surface area contributed by atoms with Crippen LogP contribution in [0, 0.1) is 0 Å². The van der Waals surface area contributed by atoms with E-state index in [2.05, 4.69) is 26.9 Å². The number of nitrogens with zero attached hydrogens (tertiary/aromatic N) is 1. The quantitative estimate of drug-likeness (QED) is 0.625. The molecule has 0 unspecified atom stereocenters. The van der Waals surface area contributed by atoms with Crippen LogP contribution in [-0.2, 0) is 4.79 Å². The van der Waals surface area contributed by atoms with E-state index in [1.807, 2.05) is 18.2 Å². The van der Waals surface area contributed by atoms with Gasteiger partial charge in [0.2, 0.25) is 0 Å². The van der Waals surface area contributed by atoms with Gasteiger partial charge in [0, 0.05) is 23.2 Å². The number of halogens is 1. The number of carbonyl (C=O) groups excluding carboxylic acids is 1. The number of rotatable bonds is 3. The molecular formula is C13H14BrNO. The Hall–Kier alpha value is -1.09. The van der Waals surface area contributed by atoms with Gasteiger partial charge in [-0.15, -0.1) is 0 Å². The van der Waals surface area contributed by atoms with Crippen LogP contribution in [0.5, 0.6) is 0 Å². The Kier molecular flexibility index (Phi) is 3.78. The van der Waals surface area contributed by atoms with Crippen molar-refractivity contribution in [1.82, 2.24) is 0 Å². The molecule has 16 heavy (non-hydrogen) atoms. The highest BCUT2D eigenvalue weighted by Crippen LogP contribution is 2.28. The smallest absolute Gasteiger partial charge is 0.142 e. The minimum Gasteiger partial charge on any atom is -0.371 e. The third-order valence-corrected chi connectivity index (χ3v) is 3.28. The lowest BCUT2D eigenvalue weighted by atomic mass is 10.1. The predicted molar refractivity (Wildman–Crippen MR) is 70.7 cm³/mol. The van der Waals surface area contributed by atoms with E-state index in [0.29, 0.717) is 0 Å². The lowest BCUT2D eigenvalue weighted by molar-refractivity contribution is -0.104. The van der Waals surface area contributed by atoms with E-state index in [1.54, 1.807) is 6.08 Å². The largest absolute Gasteiger partial charge is 0.371 e. The molecule has 0 radical (unpaired) electrons. The first kappa shape index (κ1) is 11.4. The maximum atomic E-state index is 10.4. The fourth-order valence-corrected chi connectivity index (χ4v) is 2.43. The van der Waals surface area contributed by atoms with E-state index >= 15 is 0 Å². The Balaban J connectivity index is 2.34. The average molecular weight is 280 g/mol. The molecule has 1 saturated heterocycles. The van der Waals surface area contributed by atoms with Crippen molar-refractivity contribution in [3.05, 3.63) is 34.3 Å². The molecule has 0 N–H and O–H groups in total. The van der Waals surface area contributed by atoms with Gasteiger partial charge in [0.15, 0.2) is 0 Å². The number of hydrogen-bond acceptors (Lipinski definition) is 2. The number of anilines is 1. The van der Waals surface area contributed by atoms with Crippen LogP contribution in [0.3, 0.4) is 0 Å². The van der Waals surface area contributed by atoms with E-state index in [0.717, 1.165) is 29.4 Å². The van der Waals surface area contributed by atoms with Gasteiger partial charge in [-0.05, 0) is 48.8 Å². The average Bonchev–Trinajstić information content (AvgIpc) is 2.80. The highest BCUT2D eigenvalue weighted by molar-refractivity contribution is 9.10. The molecular weight excluding hydrogens is 266 g/mol. The number of carbonyl (C=O) groups is 1. The molecule has 0 aromatic heterocycles. The first-order valence-corrected chi connectivity index (χ1v) is 6.27. The molecule has 1 aromatic carbocycles. The standard InChI is InChI=1S/C13H14BrNO/c14-12-5-6-13(15-7-1-2-8-15)11(10-12)4-3-9-16/h3-6,9-10H,1-2,7-8H2/b4-3+. The second kappa shape index (κ2) is 5.30. The topological polar surface area (TPSA) is 20.3 Å². The molecule has 1 aromatic rings. The number of hydrogen-bond donors (Lipinski definition) is 0. The zero-order valence-corrected chi connectivity index (χ0v) is 10.6. The summed E-state index contributed by atoms with van der Waals surface area (Å²) in [6, 6.07) is 6.21. The first-order chi connectivity index (χ1) is 7.81. The molecule has 1 heterocycles. The van der Waals surface area contributed by atoms with E-state index in [9.17, 15) is 4.79 Å². The van der Waals surface area contributed by atoms with Crippen LogP contribution in [0.2, 0.25) is 0 Å². The summed E-state index contributed by atoms with van der Waals surface area (Å²) in [5.74, 6) is 0. The van der Waals surface area contributed by atoms with Crippen LogP contribution < -0.4 is 4.90 Å². The van der Waals surface area contributed by atoms with Crippen molar-refractivity contribution < 1.29 is 4.79 Å². The van der Waals surface area contributed by atoms with Gasteiger partial charge in [-0.25, -0.2) is 0 Å². The Morgan fingerprint density at radius 1 is 1.25 bits per heavy atom. The third-order valence-electron chi connectivity index (χ3n) is 2.79. The molecule has 3 heteroatoms. The molecule has 1 fully saturated rings. The molecule has 0 bridgehead atoms. The number of benzene rings is 1. The SMILES string of the molecule is O=C/C=C/c1cc(Br)ccc1N1CCCC1. The van der Waals surface area contributed by atoms with Gasteiger partial charge in [-0.3, -0.25) is 4.79 Å². The van der Waals surface area contributed by atoms with Gasteiger partial charge in [0.05, 0.1) is 0 Å². The van der Waals surface area contributed by atoms with Crippen molar-refractivity contribution in [3.63, 3.8) is 0 Å². The number of allylic oxidation sites excluding steroid dienone is 1. The molecule has 2 rings (SSSR count). The zero-order chi connectivity index (χ0) is 11.4. The van der Waals surface area contributed by atoms with E-state index in [-0.39, 0.29) is 0 Å². The summed E-state index contributed by atoms with van der Waals surface area (Å²) in [6.07, 6.45) is 6.74. The second-order valence-corrected chi connectivity index (χ2v) is 4.81. The molecule has 0 amide bonds. The molecule has 0 aliphatic carbocycles. The molecule has 1 aliphatic rings. The van der Waals surface area contributed by atoms with Crippen molar-refractivity contribution in [2.24, 2.45) is 0 Å². The molecule has 2 nitrogen and oxygen atoms in total. The van der Waals surface area contributed by atoms with Gasteiger partial charge in [0.1, 0.15) is 6.29 Å². The molecule has 0 atom stereocenters. The Morgan fingerprint density at radius 3 is 2.69 bits per heavy atom. The summed E-state index contributed by atoms with van der Waals surface area (Å²) in [7, 11) is 0. The van der Waals surface area contributed by atoms with Crippen LogP contribution in [0.25, 0.3) is 6.08 Å². The molecule has 1 aliphatic heterocycles. The first-order valence-electron chi connectivity index (χ1n) is 5.47. The summed E-state index contributed by atoms with van der Waals surface area (Å²) in [5.41, 5.74) is 2.32. The van der Waals surface area contributed by atoms with Crippen molar-refractivity contribution in [3.8, 4) is 0 Å². The van der Waals surface area contributed by atoms with Crippen LogP contribution >= 0.6 is 15.9 Å². The van der Waals surface area contributed by atoms with Gasteiger partial charge in [0.25, 0.3) is 0 Å². The maximum Gasteiger partial charge on any atom is 0.142 e. The van der Waals surface area contributed by atoms with Crippen molar-refractivity contribution in [2.75, 3.05) is 18.0 Å². The Labute approximate surface area is 104 Å². The van der Waals surface area contributed by atoms with Crippen LogP contribution in [0.1, 0.15) is 18.4 Å². The van der Waals surface area contributed by atoms with Gasteiger partial charge >= 0.3 is 0 Å². The third kappa shape index (κ3) is 2.53. The van der Waals surface area contributed by atoms with E-state index < -0.39 is 0 Å². The van der Waals surface area contributed by atoms with E-state index in [4.69, 9.17) is 0 Å². The maximum absolute atomic E-state index is 10.4. The Morgan fingerprint density at radius 2 is 2.00 bits per heavy atom. The van der Waals surface area contributed by atoms with Gasteiger partial charge in [-0.2, -0.15) is 0 Å².